The van der Waals surface area contributed by atoms with Gasteiger partial charge < -0.3 is 20.9 Å². The maximum Gasteiger partial charge on any atom is 0.261 e. The number of carbonyl (C=O) groups is 2. The highest BCUT2D eigenvalue weighted by Gasteiger charge is 2.24. The molecular formula is C25H27ClN4O3. The largest absolute Gasteiger partial charge is 0.360 e. The van der Waals surface area contributed by atoms with E-state index in [0.717, 1.165) is 31.2 Å². The third kappa shape index (κ3) is 5.10. The zero-order valence-electron chi connectivity index (χ0n) is 18.7. The highest BCUT2D eigenvalue weighted by molar-refractivity contribution is 6.33. The molecule has 0 unspecified atom stereocenters. The molecule has 0 atom stereocenters. The molecule has 0 bridgehead atoms. The van der Waals surface area contributed by atoms with Crippen molar-refractivity contribution in [2.45, 2.75) is 51.6 Å². The lowest BCUT2D eigenvalue weighted by atomic mass is 9.91. The van der Waals surface area contributed by atoms with Gasteiger partial charge in [0.1, 0.15) is 17.0 Å². The van der Waals surface area contributed by atoms with E-state index in [4.69, 9.17) is 21.9 Å². The second kappa shape index (κ2) is 9.77. The van der Waals surface area contributed by atoms with Gasteiger partial charge in [-0.25, -0.2) is 0 Å². The fourth-order valence-corrected chi connectivity index (χ4v) is 4.36. The number of rotatable bonds is 5. The van der Waals surface area contributed by atoms with E-state index in [1.165, 1.54) is 0 Å². The SMILES string of the molecule is Cc1cc(C(=O)NC2CCC(N)CC2)ccc1NC(=O)c1c(-c2ccccc2Cl)noc1C. The summed E-state index contributed by atoms with van der Waals surface area (Å²) in [6.07, 6.45) is 3.64. The van der Waals surface area contributed by atoms with Gasteiger partial charge in [-0.05, 0) is 69.4 Å². The van der Waals surface area contributed by atoms with Crippen molar-refractivity contribution in [1.82, 2.24) is 10.5 Å². The van der Waals surface area contributed by atoms with Crippen molar-refractivity contribution in [2.24, 2.45) is 5.73 Å². The second-order valence-electron chi connectivity index (χ2n) is 8.51. The first-order valence-corrected chi connectivity index (χ1v) is 11.4. The Balaban J connectivity index is 1.49. The van der Waals surface area contributed by atoms with Crippen LogP contribution in [-0.4, -0.2) is 29.1 Å². The van der Waals surface area contributed by atoms with Crippen LogP contribution in [0.5, 0.6) is 0 Å². The van der Waals surface area contributed by atoms with Crippen LogP contribution in [0.2, 0.25) is 5.02 Å². The first kappa shape index (κ1) is 23.0. The van der Waals surface area contributed by atoms with Gasteiger partial charge in [0.25, 0.3) is 11.8 Å². The Kier molecular flexibility index (Phi) is 6.81. The second-order valence-corrected chi connectivity index (χ2v) is 8.92. The van der Waals surface area contributed by atoms with Crippen molar-refractivity contribution in [1.29, 1.82) is 0 Å². The Labute approximate surface area is 197 Å². The van der Waals surface area contributed by atoms with Crippen LogP contribution < -0.4 is 16.4 Å². The summed E-state index contributed by atoms with van der Waals surface area (Å²) in [6, 6.07) is 12.7. The van der Waals surface area contributed by atoms with Crippen LogP contribution in [0.25, 0.3) is 11.3 Å². The minimum absolute atomic E-state index is 0.118. The lowest BCUT2D eigenvalue weighted by Gasteiger charge is -2.26. The zero-order valence-corrected chi connectivity index (χ0v) is 19.4. The van der Waals surface area contributed by atoms with E-state index >= 15 is 0 Å². The van der Waals surface area contributed by atoms with Crippen LogP contribution in [0.15, 0.2) is 47.0 Å². The molecule has 0 aliphatic heterocycles. The summed E-state index contributed by atoms with van der Waals surface area (Å²) in [5.41, 5.74) is 9.20. The van der Waals surface area contributed by atoms with Gasteiger partial charge >= 0.3 is 0 Å². The number of nitrogens with one attached hydrogen (secondary N) is 2. The van der Waals surface area contributed by atoms with E-state index in [0.29, 0.717) is 38.9 Å². The molecular weight excluding hydrogens is 440 g/mol. The van der Waals surface area contributed by atoms with Crippen LogP contribution in [0.1, 0.15) is 57.7 Å². The molecule has 0 saturated heterocycles. The number of nitrogens with zero attached hydrogens (tertiary/aromatic N) is 1. The molecule has 8 heteroatoms. The van der Waals surface area contributed by atoms with Gasteiger partial charge in [0.05, 0.1) is 5.02 Å². The first-order valence-electron chi connectivity index (χ1n) is 11.0. The third-order valence-electron chi connectivity index (χ3n) is 6.06. The van der Waals surface area contributed by atoms with Crippen LogP contribution in [0.4, 0.5) is 5.69 Å². The van der Waals surface area contributed by atoms with E-state index in [-0.39, 0.29) is 23.9 Å². The van der Waals surface area contributed by atoms with Crippen LogP contribution in [-0.2, 0) is 0 Å². The molecule has 1 fully saturated rings. The molecule has 7 nitrogen and oxygen atoms in total. The number of carbonyl (C=O) groups excluding carboxylic acids is 2. The monoisotopic (exact) mass is 466 g/mol. The number of aryl methyl sites for hydroxylation is 2. The average Bonchev–Trinajstić information content (AvgIpc) is 3.18. The standard InChI is InChI=1S/C25H27ClN4O3/c1-14-13-16(24(31)28-18-10-8-17(27)9-11-18)7-12-21(14)29-25(32)22-15(2)33-30-23(22)19-5-3-4-6-20(19)26/h3-7,12-13,17-18H,8-11,27H2,1-2H3,(H,28,31)(H,29,32). The molecule has 2 aromatic carbocycles. The Bertz CT molecular complexity index is 1180. The molecule has 1 aliphatic rings. The highest BCUT2D eigenvalue weighted by atomic mass is 35.5. The lowest BCUT2D eigenvalue weighted by Crippen LogP contribution is -2.40. The minimum atomic E-state index is -0.359. The van der Waals surface area contributed by atoms with E-state index in [9.17, 15) is 9.59 Å². The summed E-state index contributed by atoms with van der Waals surface area (Å²) in [5.74, 6) is -0.0851. The number of hydrogen-bond donors (Lipinski definition) is 3. The number of halogens is 1. The van der Waals surface area contributed by atoms with E-state index in [1.807, 2.05) is 19.1 Å². The number of benzene rings is 2. The maximum absolute atomic E-state index is 13.1. The van der Waals surface area contributed by atoms with Crippen molar-refractivity contribution in [3.63, 3.8) is 0 Å². The summed E-state index contributed by atoms with van der Waals surface area (Å²) < 4.78 is 5.29. The number of anilines is 1. The van der Waals surface area contributed by atoms with Crippen molar-refractivity contribution in [3.05, 3.63) is 69.9 Å². The molecule has 2 amide bonds. The summed E-state index contributed by atoms with van der Waals surface area (Å²) in [4.78, 5) is 25.8. The third-order valence-corrected chi connectivity index (χ3v) is 6.39. The van der Waals surface area contributed by atoms with E-state index in [1.54, 1.807) is 37.3 Å². The van der Waals surface area contributed by atoms with Crippen molar-refractivity contribution >= 4 is 29.1 Å². The van der Waals surface area contributed by atoms with Gasteiger partial charge in [-0.2, -0.15) is 0 Å². The van der Waals surface area contributed by atoms with Gasteiger partial charge in [0.15, 0.2) is 0 Å². The van der Waals surface area contributed by atoms with Gasteiger partial charge in [-0.1, -0.05) is 35.0 Å². The fourth-order valence-electron chi connectivity index (χ4n) is 4.14. The molecule has 33 heavy (non-hydrogen) atoms. The Morgan fingerprint density at radius 1 is 1.06 bits per heavy atom. The summed E-state index contributed by atoms with van der Waals surface area (Å²) in [5, 5.41) is 10.5. The number of amides is 2. The van der Waals surface area contributed by atoms with Crippen molar-refractivity contribution in [3.8, 4) is 11.3 Å². The van der Waals surface area contributed by atoms with Gasteiger partial charge in [0.2, 0.25) is 0 Å². The fraction of sp³-hybridized carbons (Fsp3) is 0.320. The molecule has 3 aromatic rings. The Morgan fingerprint density at radius 2 is 1.79 bits per heavy atom. The minimum Gasteiger partial charge on any atom is -0.360 e. The van der Waals surface area contributed by atoms with E-state index < -0.39 is 0 Å². The number of hydrogen-bond acceptors (Lipinski definition) is 5. The quantitative estimate of drug-likeness (QED) is 0.497. The van der Waals surface area contributed by atoms with Crippen LogP contribution >= 0.6 is 11.6 Å². The Morgan fingerprint density at radius 3 is 2.48 bits per heavy atom. The average molecular weight is 467 g/mol. The molecule has 172 valence electrons. The molecule has 1 aliphatic carbocycles. The highest BCUT2D eigenvalue weighted by Crippen LogP contribution is 2.31. The molecule has 0 spiro atoms. The zero-order chi connectivity index (χ0) is 23.5. The summed E-state index contributed by atoms with van der Waals surface area (Å²) in [7, 11) is 0. The van der Waals surface area contributed by atoms with Crippen molar-refractivity contribution < 1.29 is 14.1 Å². The summed E-state index contributed by atoms with van der Waals surface area (Å²) >= 11 is 6.30. The molecule has 4 rings (SSSR count). The predicted molar refractivity (Wildman–Crippen MR) is 129 cm³/mol. The first-order chi connectivity index (χ1) is 15.8. The lowest BCUT2D eigenvalue weighted by molar-refractivity contribution is 0.0925. The Hall–Kier alpha value is -3.16. The number of nitrogens with two attached hydrogens (primary N) is 1. The van der Waals surface area contributed by atoms with Crippen LogP contribution in [0.3, 0.4) is 0 Å². The normalized spacial score (nSPS) is 18.1. The van der Waals surface area contributed by atoms with E-state index in [2.05, 4.69) is 15.8 Å². The molecule has 1 saturated carbocycles. The molecule has 1 heterocycles. The van der Waals surface area contributed by atoms with Crippen LogP contribution in [0, 0.1) is 13.8 Å². The van der Waals surface area contributed by atoms with Crippen molar-refractivity contribution in [2.75, 3.05) is 5.32 Å². The topological polar surface area (TPSA) is 110 Å². The van der Waals surface area contributed by atoms with Gasteiger partial charge in [0, 0.05) is 28.9 Å². The molecule has 0 radical (unpaired) electrons. The smallest absolute Gasteiger partial charge is 0.261 e. The molecule has 4 N–H and O–H groups in total. The maximum atomic E-state index is 13.1. The predicted octanol–water partition coefficient (Wildman–Crippen LogP) is 4.86. The van der Waals surface area contributed by atoms with Gasteiger partial charge in [-0.15, -0.1) is 0 Å². The molecule has 1 aromatic heterocycles. The number of aromatic nitrogens is 1. The van der Waals surface area contributed by atoms with Gasteiger partial charge in [-0.3, -0.25) is 9.59 Å². The summed E-state index contributed by atoms with van der Waals surface area (Å²) in [6.45, 7) is 3.53.